The summed E-state index contributed by atoms with van der Waals surface area (Å²) in [6.45, 7) is 0.240. The van der Waals surface area contributed by atoms with E-state index in [1.807, 2.05) is 0 Å². The predicted molar refractivity (Wildman–Crippen MR) is 103 cm³/mol. The van der Waals surface area contributed by atoms with Crippen LogP contribution >= 0.6 is 27.5 Å². The minimum atomic E-state index is -0.368. The number of aliphatic hydroxyl groups excluding tert-OH is 1. The van der Waals surface area contributed by atoms with Gasteiger partial charge in [-0.15, -0.1) is 0 Å². The summed E-state index contributed by atoms with van der Waals surface area (Å²) in [7, 11) is 1.49. The second-order valence-corrected chi connectivity index (χ2v) is 6.91. The summed E-state index contributed by atoms with van der Waals surface area (Å²) < 4.78 is 19.9. The van der Waals surface area contributed by atoms with E-state index in [0.29, 0.717) is 22.0 Å². The molecule has 5 nitrogen and oxygen atoms in total. The summed E-state index contributed by atoms with van der Waals surface area (Å²) in [5.74, 6) is -0.211. The van der Waals surface area contributed by atoms with E-state index in [0.717, 1.165) is 4.47 Å². The van der Waals surface area contributed by atoms with Crippen LogP contribution in [0.1, 0.15) is 5.56 Å². The van der Waals surface area contributed by atoms with Crippen molar-refractivity contribution in [2.24, 2.45) is 0 Å². The highest BCUT2D eigenvalue weighted by Gasteiger charge is 2.15. The maximum absolute atomic E-state index is 14.0. The van der Waals surface area contributed by atoms with Gasteiger partial charge in [0.1, 0.15) is 11.6 Å². The summed E-state index contributed by atoms with van der Waals surface area (Å²) in [6.07, 6.45) is 0. The molecule has 2 aromatic carbocycles. The van der Waals surface area contributed by atoms with Gasteiger partial charge in [-0.2, -0.15) is 0 Å². The highest BCUT2D eigenvalue weighted by Crippen LogP contribution is 2.27. The number of aliphatic hydroxyl groups is 1. The molecule has 1 amide bonds. The van der Waals surface area contributed by atoms with Gasteiger partial charge in [0.05, 0.1) is 25.9 Å². The van der Waals surface area contributed by atoms with Gasteiger partial charge in [-0.05, 0) is 36.4 Å². The zero-order valence-electron chi connectivity index (χ0n) is 14.1. The lowest BCUT2D eigenvalue weighted by Crippen LogP contribution is -2.35. The Balaban J connectivity index is 2.08. The number of hydrogen-bond acceptors (Lipinski definition) is 4. The van der Waals surface area contributed by atoms with Crippen molar-refractivity contribution in [2.75, 3.05) is 32.1 Å². The first kappa shape index (κ1) is 20.6. The van der Waals surface area contributed by atoms with Crippen LogP contribution in [0.5, 0.6) is 5.75 Å². The van der Waals surface area contributed by atoms with Crippen molar-refractivity contribution in [1.82, 2.24) is 4.90 Å². The van der Waals surface area contributed by atoms with E-state index in [4.69, 9.17) is 16.3 Å². The third-order valence-electron chi connectivity index (χ3n) is 3.62. The van der Waals surface area contributed by atoms with Crippen LogP contribution < -0.4 is 10.1 Å². The molecule has 0 aromatic heterocycles. The first-order chi connectivity index (χ1) is 12.4. The van der Waals surface area contributed by atoms with E-state index < -0.39 is 0 Å². The number of nitrogens with zero attached hydrogens (tertiary/aromatic N) is 1. The van der Waals surface area contributed by atoms with Crippen molar-refractivity contribution in [3.8, 4) is 5.75 Å². The van der Waals surface area contributed by atoms with Crippen LogP contribution in [0.25, 0.3) is 0 Å². The van der Waals surface area contributed by atoms with Crippen molar-refractivity contribution in [3.63, 3.8) is 0 Å². The predicted octanol–water partition coefficient (Wildman–Crippen LogP) is 3.68. The molecule has 2 aromatic rings. The molecule has 0 heterocycles. The van der Waals surface area contributed by atoms with E-state index in [1.54, 1.807) is 35.2 Å². The van der Waals surface area contributed by atoms with Gasteiger partial charge < -0.3 is 15.2 Å². The summed E-state index contributed by atoms with van der Waals surface area (Å²) in [5, 5.41) is 12.4. The second-order valence-electron chi connectivity index (χ2n) is 5.56. The second kappa shape index (κ2) is 9.87. The van der Waals surface area contributed by atoms with Crippen molar-refractivity contribution >= 4 is 39.1 Å². The Bertz CT molecular complexity index is 776. The number of anilines is 1. The molecule has 0 atom stereocenters. The molecule has 2 N–H and O–H groups in total. The van der Waals surface area contributed by atoms with Gasteiger partial charge in [0.2, 0.25) is 5.91 Å². The molecule has 0 aliphatic heterocycles. The number of methoxy groups -OCH3 is 1. The number of halogens is 3. The number of nitrogens with one attached hydrogen (secondary N) is 1. The standard InChI is InChI=1S/C18H19BrClFN2O3/c1-26-17-5-3-14(20)9-16(17)22-18(25)11-23(6-7-24)10-12-8-13(19)2-4-15(12)21/h2-5,8-9,24H,6-7,10-11H2,1H3,(H,22,25). The molecule has 0 fully saturated rings. The number of carbonyl (C=O) groups is 1. The van der Waals surface area contributed by atoms with Gasteiger partial charge in [-0.25, -0.2) is 4.39 Å². The van der Waals surface area contributed by atoms with Gasteiger partial charge in [0.25, 0.3) is 0 Å². The largest absolute Gasteiger partial charge is 0.495 e. The molecule has 140 valence electrons. The first-order valence-corrected chi connectivity index (χ1v) is 9.00. The Labute approximate surface area is 164 Å². The molecule has 0 saturated heterocycles. The molecule has 26 heavy (non-hydrogen) atoms. The number of hydrogen-bond donors (Lipinski definition) is 2. The maximum atomic E-state index is 14.0. The Morgan fingerprint density at radius 1 is 1.35 bits per heavy atom. The van der Waals surface area contributed by atoms with E-state index >= 15 is 0 Å². The number of ether oxygens (including phenoxy) is 1. The molecule has 2 rings (SSSR count). The SMILES string of the molecule is COc1ccc(Cl)cc1NC(=O)CN(CCO)Cc1cc(Br)ccc1F. The van der Waals surface area contributed by atoms with Crippen molar-refractivity contribution < 1.29 is 19.0 Å². The smallest absolute Gasteiger partial charge is 0.238 e. The van der Waals surface area contributed by atoms with Crippen molar-refractivity contribution in [2.45, 2.75) is 6.54 Å². The molecule has 8 heteroatoms. The summed E-state index contributed by atoms with van der Waals surface area (Å²) >= 11 is 9.26. The van der Waals surface area contributed by atoms with Crippen LogP contribution in [-0.4, -0.2) is 42.7 Å². The van der Waals surface area contributed by atoms with Gasteiger partial charge in [-0.1, -0.05) is 27.5 Å². The summed E-state index contributed by atoms with van der Waals surface area (Å²) in [5.41, 5.74) is 0.878. The molecular formula is C18H19BrClFN2O3. The summed E-state index contributed by atoms with van der Waals surface area (Å²) in [4.78, 5) is 14.0. The molecule has 0 aliphatic rings. The molecule has 0 unspecified atom stereocenters. The van der Waals surface area contributed by atoms with E-state index in [-0.39, 0.29) is 38.0 Å². The Kier molecular flexibility index (Phi) is 7.84. The molecular weight excluding hydrogens is 427 g/mol. The minimum absolute atomic E-state index is 0.0256. The summed E-state index contributed by atoms with van der Waals surface area (Å²) in [6, 6.07) is 9.51. The van der Waals surface area contributed by atoms with Gasteiger partial charge in [-0.3, -0.25) is 9.69 Å². The van der Waals surface area contributed by atoms with Crippen LogP contribution in [0.4, 0.5) is 10.1 Å². The number of benzene rings is 2. The Hall–Kier alpha value is -1.67. The lowest BCUT2D eigenvalue weighted by Gasteiger charge is -2.21. The zero-order chi connectivity index (χ0) is 19.1. The minimum Gasteiger partial charge on any atom is -0.495 e. The fraction of sp³-hybridized carbons (Fsp3) is 0.278. The average molecular weight is 446 g/mol. The van der Waals surface area contributed by atoms with Crippen LogP contribution in [0.3, 0.4) is 0 Å². The van der Waals surface area contributed by atoms with Crippen LogP contribution in [0.2, 0.25) is 5.02 Å². The lowest BCUT2D eigenvalue weighted by atomic mass is 10.2. The van der Waals surface area contributed by atoms with E-state index in [9.17, 15) is 14.3 Å². The fourth-order valence-corrected chi connectivity index (χ4v) is 3.01. The Morgan fingerprint density at radius 2 is 2.12 bits per heavy atom. The number of amides is 1. The van der Waals surface area contributed by atoms with Gasteiger partial charge >= 0.3 is 0 Å². The third-order valence-corrected chi connectivity index (χ3v) is 4.35. The average Bonchev–Trinajstić information content (AvgIpc) is 2.58. The quantitative estimate of drug-likeness (QED) is 0.651. The van der Waals surface area contributed by atoms with Crippen LogP contribution in [0, 0.1) is 5.82 Å². The van der Waals surface area contributed by atoms with Crippen molar-refractivity contribution in [1.29, 1.82) is 0 Å². The molecule has 0 saturated carbocycles. The molecule has 0 aliphatic carbocycles. The Morgan fingerprint density at radius 3 is 2.81 bits per heavy atom. The van der Waals surface area contributed by atoms with Gasteiger partial charge in [0.15, 0.2) is 0 Å². The maximum Gasteiger partial charge on any atom is 0.238 e. The third kappa shape index (κ3) is 5.95. The number of carbonyl (C=O) groups excluding carboxylic acids is 1. The first-order valence-electron chi connectivity index (χ1n) is 7.83. The monoisotopic (exact) mass is 444 g/mol. The molecule has 0 radical (unpaired) electrons. The highest BCUT2D eigenvalue weighted by atomic mass is 79.9. The normalized spacial score (nSPS) is 10.8. The number of rotatable bonds is 8. The molecule has 0 spiro atoms. The zero-order valence-corrected chi connectivity index (χ0v) is 16.5. The highest BCUT2D eigenvalue weighted by molar-refractivity contribution is 9.10. The van der Waals surface area contributed by atoms with Crippen molar-refractivity contribution in [3.05, 3.63) is 57.3 Å². The fourth-order valence-electron chi connectivity index (χ4n) is 2.43. The lowest BCUT2D eigenvalue weighted by molar-refractivity contribution is -0.117. The topological polar surface area (TPSA) is 61.8 Å². The molecule has 0 bridgehead atoms. The van der Waals surface area contributed by atoms with Crippen LogP contribution in [-0.2, 0) is 11.3 Å². The van der Waals surface area contributed by atoms with E-state index in [2.05, 4.69) is 21.2 Å². The van der Waals surface area contributed by atoms with E-state index in [1.165, 1.54) is 13.2 Å². The van der Waals surface area contributed by atoms with Crippen LogP contribution in [0.15, 0.2) is 40.9 Å². The van der Waals surface area contributed by atoms with Gasteiger partial charge in [0, 0.05) is 28.1 Å².